The second kappa shape index (κ2) is 7.74. The molecule has 2 rings (SSSR count). The Kier molecular flexibility index (Phi) is 5.97. The lowest BCUT2D eigenvalue weighted by Gasteiger charge is -2.32. The molecular weight excluding hydrogens is 346 g/mol. The SMILES string of the molecule is CC(=O)N[C@H](CC(=O)N1CCC[C@H](N)C1)c1ccc(Br)cc1. The van der Waals surface area contributed by atoms with Gasteiger partial charge in [0.1, 0.15) is 0 Å². The van der Waals surface area contributed by atoms with Crippen LogP contribution in [0.25, 0.3) is 0 Å². The number of nitrogens with zero attached hydrogens (tertiary/aromatic N) is 1. The first-order valence-corrected chi connectivity index (χ1v) is 8.31. The van der Waals surface area contributed by atoms with Gasteiger partial charge in [-0.15, -0.1) is 0 Å². The molecule has 2 amide bonds. The Balaban J connectivity index is 2.07. The maximum atomic E-state index is 12.5. The van der Waals surface area contributed by atoms with Crippen LogP contribution in [-0.2, 0) is 9.59 Å². The molecule has 5 nitrogen and oxygen atoms in total. The number of likely N-dealkylation sites (tertiary alicyclic amines) is 1. The van der Waals surface area contributed by atoms with Crippen LogP contribution in [0.4, 0.5) is 0 Å². The molecule has 120 valence electrons. The summed E-state index contributed by atoms with van der Waals surface area (Å²) in [6.45, 7) is 2.82. The van der Waals surface area contributed by atoms with Crippen molar-refractivity contribution in [2.24, 2.45) is 5.73 Å². The number of hydrogen-bond acceptors (Lipinski definition) is 3. The van der Waals surface area contributed by atoms with Crippen LogP contribution in [0.1, 0.15) is 37.8 Å². The molecule has 0 spiro atoms. The van der Waals surface area contributed by atoms with Gasteiger partial charge in [-0.1, -0.05) is 28.1 Å². The fourth-order valence-corrected chi connectivity index (χ4v) is 3.00. The Bertz CT molecular complexity index is 533. The van der Waals surface area contributed by atoms with Gasteiger partial charge in [-0.05, 0) is 30.5 Å². The van der Waals surface area contributed by atoms with Crippen molar-refractivity contribution in [1.29, 1.82) is 0 Å². The van der Waals surface area contributed by atoms with Gasteiger partial charge < -0.3 is 16.0 Å². The Labute approximate surface area is 139 Å². The molecule has 1 fully saturated rings. The normalized spacial score (nSPS) is 19.6. The number of amides is 2. The van der Waals surface area contributed by atoms with Gasteiger partial charge in [0.2, 0.25) is 11.8 Å². The summed E-state index contributed by atoms with van der Waals surface area (Å²) in [6.07, 6.45) is 2.16. The van der Waals surface area contributed by atoms with Gasteiger partial charge in [0, 0.05) is 30.5 Å². The summed E-state index contributed by atoms with van der Waals surface area (Å²) >= 11 is 3.39. The average Bonchev–Trinajstić information content (AvgIpc) is 2.47. The summed E-state index contributed by atoms with van der Waals surface area (Å²) in [4.78, 5) is 25.7. The highest BCUT2D eigenvalue weighted by atomic mass is 79.9. The second-order valence-electron chi connectivity index (χ2n) is 5.75. The molecule has 6 heteroatoms. The number of nitrogens with two attached hydrogens (primary N) is 1. The maximum Gasteiger partial charge on any atom is 0.225 e. The molecule has 22 heavy (non-hydrogen) atoms. The fourth-order valence-electron chi connectivity index (χ4n) is 2.73. The summed E-state index contributed by atoms with van der Waals surface area (Å²) in [6, 6.07) is 7.40. The van der Waals surface area contributed by atoms with E-state index in [0.717, 1.165) is 29.4 Å². The first kappa shape index (κ1) is 17.0. The molecule has 1 aliphatic rings. The molecule has 0 aliphatic carbocycles. The molecule has 1 aromatic carbocycles. The Hall–Kier alpha value is -1.40. The molecule has 1 aliphatic heterocycles. The van der Waals surface area contributed by atoms with Gasteiger partial charge >= 0.3 is 0 Å². The van der Waals surface area contributed by atoms with Crippen molar-refractivity contribution in [3.8, 4) is 0 Å². The number of rotatable bonds is 4. The van der Waals surface area contributed by atoms with Gasteiger partial charge in [-0.2, -0.15) is 0 Å². The zero-order valence-electron chi connectivity index (χ0n) is 12.7. The van der Waals surface area contributed by atoms with Gasteiger partial charge in [0.25, 0.3) is 0 Å². The average molecular weight is 368 g/mol. The van der Waals surface area contributed by atoms with Gasteiger partial charge in [-0.3, -0.25) is 9.59 Å². The summed E-state index contributed by atoms with van der Waals surface area (Å²) in [5.74, 6) is -0.104. The number of benzene rings is 1. The minimum Gasteiger partial charge on any atom is -0.349 e. The van der Waals surface area contributed by atoms with Crippen LogP contribution in [-0.4, -0.2) is 35.8 Å². The van der Waals surface area contributed by atoms with Crippen LogP contribution in [0.3, 0.4) is 0 Å². The lowest BCUT2D eigenvalue weighted by atomic mass is 10.0. The number of piperidine rings is 1. The van der Waals surface area contributed by atoms with Gasteiger partial charge in [0.15, 0.2) is 0 Å². The highest BCUT2D eigenvalue weighted by Gasteiger charge is 2.24. The van der Waals surface area contributed by atoms with Gasteiger partial charge in [-0.25, -0.2) is 0 Å². The molecule has 0 bridgehead atoms. The van der Waals surface area contributed by atoms with Crippen LogP contribution in [0.15, 0.2) is 28.7 Å². The standard InChI is InChI=1S/C16H22BrN3O2/c1-11(21)19-15(12-4-6-13(17)7-5-12)9-16(22)20-8-2-3-14(18)10-20/h4-7,14-15H,2-3,8-10,18H2,1H3,(H,19,21)/t14-,15+/m0/s1. The van der Waals surface area contributed by atoms with E-state index in [1.54, 1.807) is 0 Å². The first-order chi connectivity index (χ1) is 10.5. The highest BCUT2D eigenvalue weighted by Crippen LogP contribution is 2.21. The molecule has 2 atom stereocenters. The van der Waals surface area contributed by atoms with Crippen LogP contribution < -0.4 is 11.1 Å². The molecular formula is C16H22BrN3O2. The lowest BCUT2D eigenvalue weighted by molar-refractivity contribution is -0.133. The topological polar surface area (TPSA) is 75.4 Å². The number of carbonyl (C=O) groups excluding carboxylic acids is 2. The predicted octanol–water partition coefficient (Wildman–Crippen LogP) is 1.97. The van der Waals surface area contributed by atoms with Crippen LogP contribution in [0, 0.1) is 0 Å². The second-order valence-corrected chi connectivity index (χ2v) is 6.67. The molecule has 3 N–H and O–H groups in total. The van der Waals surface area contributed by atoms with E-state index in [4.69, 9.17) is 5.73 Å². The molecule has 0 unspecified atom stereocenters. The molecule has 1 aromatic rings. The van der Waals surface area contributed by atoms with Crippen LogP contribution >= 0.6 is 15.9 Å². The largest absolute Gasteiger partial charge is 0.349 e. The molecule has 0 aromatic heterocycles. The van der Waals surface area contributed by atoms with Crippen molar-refractivity contribution in [2.45, 2.75) is 38.3 Å². The Morgan fingerprint density at radius 2 is 2.09 bits per heavy atom. The van der Waals surface area contributed by atoms with E-state index < -0.39 is 0 Å². The first-order valence-electron chi connectivity index (χ1n) is 7.51. The van der Waals surface area contributed by atoms with Crippen molar-refractivity contribution in [3.05, 3.63) is 34.3 Å². The molecule has 0 saturated carbocycles. The monoisotopic (exact) mass is 367 g/mol. The van der Waals surface area contributed by atoms with Crippen molar-refractivity contribution in [2.75, 3.05) is 13.1 Å². The molecule has 0 radical (unpaired) electrons. The van der Waals surface area contributed by atoms with E-state index in [1.165, 1.54) is 6.92 Å². The van der Waals surface area contributed by atoms with Gasteiger partial charge in [0.05, 0.1) is 12.5 Å². The lowest BCUT2D eigenvalue weighted by Crippen LogP contribution is -2.46. The van der Waals surface area contributed by atoms with Crippen molar-refractivity contribution >= 4 is 27.7 Å². The van der Waals surface area contributed by atoms with Crippen molar-refractivity contribution in [1.82, 2.24) is 10.2 Å². The third-order valence-electron chi connectivity index (χ3n) is 3.84. The van der Waals surface area contributed by atoms with Crippen molar-refractivity contribution in [3.63, 3.8) is 0 Å². The van der Waals surface area contributed by atoms with E-state index in [1.807, 2.05) is 29.2 Å². The number of carbonyl (C=O) groups is 2. The van der Waals surface area contributed by atoms with E-state index in [-0.39, 0.29) is 30.3 Å². The molecule has 1 heterocycles. The zero-order chi connectivity index (χ0) is 16.1. The van der Waals surface area contributed by atoms with E-state index >= 15 is 0 Å². The quantitative estimate of drug-likeness (QED) is 0.853. The van der Waals surface area contributed by atoms with Crippen LogP contribution in [0.5, 0.6) is 0 Å². The third-order valence-corrected chi connectivity index (χ3v) is 4.37. The number of halogens is 1. The fraction of sp³-hybridized carbons (Fsp3) is 0.500. The van der Waals surface area contributed by atoms with E-state index in [2.05, 4.69) is 21.2 Å². The van der Waals surface area contributed by atoms with E-state index in [9.17, 15) is 9.59 Å². The molecule has 1 saturated heterocycles. The minimum absolute atomic E-state index is 0.0387. The maximum absolute atomic E-state index is 12.5. The summed E-state index contributed by atoms with van der Waals surface area (Å²) in [5.41, 5.74) is 6.86. The summed E-state index contributed by atoms with van der Waals surface area (Å²) < 4.78 is 0.964. The number of nitrogens with one attached hydrogen (secondary N) is 1. The number of hydrogen-bond donors (Lipinski definition) is 2. The van der Waals surface area contributed by atoms with E-state index in [0.29, 0.717) is 6.54 Å². The zero-order valence-corrected chi connectivity index (χ0v) is 14.3. The Morgan fingerprint density at radius 3 is 2.68 bits per heavy atom. The smallest absolute Gasteiger partial charge is 0.225 e. The minimum atomic E-state index is -0.309. The predicted molar refractivity (Wildman–Crippen MR) is 89.1 cm³/mol. The van der Waals surface area contributed by atoms with Crippen molar-refractivity contribution < 1.29 is 9.59 Å². The summed E-state index contributed by atoms with van der Waals surface area (Å²) in [7, 11) is 0. The Morgan fingerprint density at radius 1 is 1.41 bits per heavy atom. The highest BCUT2D eigenvalue weighted by molar-refractivity contribution is 9.10. The summed E-state index contributed by atoms with van der Waals surface area (Å²) in [5, 5.41) is 2.86. The third kappa shape index (κ3) is 4.81. The van der Waals surface area contributed by atoms with Crippen LogP contribution in [0.2, 0.25) is 0 Å².